The van der Waals surface area contributed by atoms with E-state index in [1.54, 1.807) is 62.4 Å². The van der Waals surface area contributed by atoms with E-state index in [0.717, 1.165) is 12.1 Å². The van der Waals surface area contributed by atoms with Gasteiger partial charge in [-0.25, -0.2) is 8.42 Å². The maximum absolute atomic E-state index is 11.6. The molecule has 0 saturated carbocycles. The number of phenols is 2. The molecule has 7 aromatic rings. The van der Waals surface area contributed by atoms with E-state index < -0.39 is 25.7 Å². The van der Waals surface area contributed by atoms with E-state index in [2.05, 4.69) is 30.7 Å². The number of rotatable bonds is 8. The summed E-state index contributed by atoms with van der Waals surface area (Å²) in [6.45, 7) is 3.29. The van der Waals surface area contributed by atoms with Crippen molar-refractivity contribution in [3.63, 3.8) is 0 Å². The van der Waals surface area contributed by atoms with Crippen LogP contribution < -0.4 is 59.1 Å². The fourth-order valence-corrected chi connectivity index (χ4v) is 5.99. The molecule has 2 heterocycles. The van der Waals surface area contributed by atoms with Gasteiger partial charge >= 0.3 is 59.1 Å². The number of fused-ring (bicyclic) bond motifs is 1. The maximum atomic E-state index is 11.6. The molecule has 18 nitrogen and oxygen atoms in total. The number of nitrogens with zero attached hydrogens (tertiary/aromatic N) is 9. The first-order valence-corrected chi connectivity index (χ1v) is 17.3. The molecule has 22 heteroatoms. The van der Waals surface area contributed by atoms with Gasteiger partial charge in [-0.05, 0) is 44.2 Å². The second kappa shape index (κ2) is 20.1. The largest absolute Gasteiger partial charge is 1.00 e. The molecular formula is C36H28CrN9Na2O9S+. The molecule has 0 aliphatic rings. The zero-order valence-corrected chi connectivity index (χ0v) is 37.2. The van der Waals surface area contributed by atoms with Crippen LogP contribution in [0.25, 0.3) is 22.1 Å². The average molecular weight is 861 g/mol. The molecule has 4 N–H and O–H groups in total. The van der Waals surface area contributed by atoms with Crippen molar-refractivity contribution < 1.29 is 115 Å². The number of aryl methyl sites for hydroxylation is 2. The van der Waals surface area contributed by atoms with Gasteiger partial charge in [0.25, 0.3) is 5.69 Å². The van der Waals surface area contributed by atoms with Gasteiger partial charge in [0.1, 0.15) is 33.0 Å². The number of hydrogen-bond donors (Lipinski definition) is 4. The summed E-state index contributed by atoms with van der Waals surface area (Å²) in [5.74, 6) is -1.36. The first kappa shape index (κ1) is 47.4. The Morgan fingerprint density at radius 2 is 1.07 bits per heavy atom. The molecule has 58 heavy (non-hydrogen) atoms. The molecule has 0 fully saturated rings. The third kappa shape index (κ3) is 10.4. The number of non-ortho nitro benzene ring substituents is 1. The summed E-state index contributed by atoms with van der Waals surface area (Å²) in [7, 11) is -4.81. The normalized spacial score (nSPS) is 11.0. The van der Waals surface area contributed by atoms with Crippen LogP contribution in [0.4, 0.5) is 28.4 Å². The van der Waals surface area contributed by atoms with E-state index in [0.29, 0.717) is 22.8 Å². The second-order valence-electron chi connectivity index (χ2n) is 11.6. The number of azo groups is 2. The van der Waals surface area contributed by atoms with Gasteiger partial charge in [-0.2, -0.15) is 19.6 Å². The molecule has 0 unspecified atom stereocenters. The second-order valence-corrected chi connectivity index (χ2v) is 12.9. The van der Waals surface area contributed by atoms with Crippen molar-refractivity contribution in [2.45, 2.75) is 18.7 Å². The van der Waals surface area contributed by atoms with E-state index in [-0.39, 0.29) is 133 Å². The smallest absolute Gasteiger partial charge is 0.744 e. The van der Waals surface area contributed by atoms with Gasteiger partial charge in [0.2, 0.25) is 11.8 Å². The Balaban J connectivity index is 0.000000300. The van der Waals surface area contributed by atoms with Crippen LogP contribution in [0.1, 0.15) is 11.4 Å². The molecule has 0 atom stereocenters. The third-order valence-corrected chi connectivity index (χ3v) is 8.79. The minimum atomic E-state index is -4.81. The molecule has 5 aromatic carbocycles. The minimum absolute atomic E-state index is 0. The van der Waals surface area contributed by atoms with Gasteiger partial charge in [0, 0.05) is 40.3 Å². The summed E-state index contributed by atoms with van der Waals surface area (Å²) in [4.78, 5) is 9.49. The van der Waals surface area contributed by atoms with Crippen LogP contribution in [0.15, 0.2) is 135 Å². The number of aromatic nitrogens is 4. The number of aromatic hydroxyl groups is 4. The van der Waals surface area contributed by atoms with Crippen LogP contribution in [-0.4, -0.2) is 57.9 Å². The van der Waals surface area contributed by atoms with Crippen molar-refractivity contribution >= 4 is 49.3 Å². The molecule has 2 aromatic heterocycles. The van der Waals surface area contributed by atoms with E-state index in [1.165, 1.54) is 33.6 Å². The van der Waals surface area contributed by atoms with Crippen molar-refractivity contribution in [3.05, 3.63) is 131 Å². The molecule has 0 aliphatic carbocycles. The average Bonchev–Trinajstić information content (AvgIpc) is 3.62. The Bertz CT molecular complexity index is 2750. The standard InChI is InChI=1S/C20H16N4O5S.C16H13N5O4.Cr.2Na/c1-12-18(20(26)24(23-12)13-7-3-2-4-8-13)21-22-19-15-10-6-5-9-14(15)17(11-16(19)25)30(27,28)29;1-10-15(16(23)20(19-10)11-5-3-2-4-6-11)18-17-13-8-7-12(21(24)25)9-14(13)22;;;/h2-11,25-26H,1H3,(H,27,28,29);2-9,22-23H,1H3;;;/q;;;2*+1/p-1. The first-order chi connectivity index (χ1) is 26.2. The molecule has 7 rings (SSSR count). The minimum Gasteiger partial charge on any atom is -0.744 e. The molecule has 284 valence electrons. The molecule has 0 saturated heterocycles. The number of phenolic OH excluding ortho intramolecular Hbond substituents is 2. The van der Waals surface area contributed by atoms with Crippen LogP contribution >= 0.6 is 0 Å². The van der Waals surface area contributed by atoms with Gasteiger partial charge in [-0.1, -0.05) is 60.7 Å². The fraction of sp³-hybridized carbons (Fsp3) is 0.0556. The zero-order valence-electron chi connectivity index (χ0n) is 31.1. The Morgan fingerprint density at radius 1 is 0.621 bits per heavy atom. The van der Waals surface area contributed by atoms with E-state index in [4.69, 9.17) is 0 Å². The van der Waals surface area contributed by atoms with E-state index in [1.807, 2.05) is 24.3 Å². The van der Waals surface area contributed by atoms with Crippen molar-refractivity contribution in [1.29, 1.82) is 0 Å². The number of nitro groups is 1. The first-order valence-electron chi connectivity index (χ1n) is 15.9. The summed E-state index contributed by atoms with van der Waals surface area (Å²) in [6, 6.07) is 28.4. The van der Waals surface area contributed by atoms with Crippen molar-refractivity contribution in [3.8, 4) is 34.6 Å². The van der Waals surface area contributed by atoms with Crippen molar-refractivity contribution in [2.75, 3.05) is 0 Å². The van der Waals surface area contributed by atoms with Gasteiger partial charge in [-0.15, -0.1) is 20.5 Å². The third-order valence-electron chi connectivity index (χ3n) is 7.92. The summed E-state index contributed by atoms with van der Waals surface area (Å²) in [6.07, 6.45) is 0. The van der Waals surface area contributed by atoms with E-state index in [9.17, 15) is 43.5 Å². The van der Waals surface area contributed by atoms with Crippen LogP contribution in [0, 0.1) is 24.0 Å². The fourth-order valence-electron chi connectivity index (χ4n) is 5.28. The van der Waals surface area contributed by atoms with Gasteiger partial charge in [-0.3, -0.25) is 10.1 Å². The van der Waals surface area contributed by atoms with Gasteiger partial charge in [0.15, 0.2) is 11.4 Å². The Hall–Kier alpha value is -4.98. The zero-order chi connectivity index (χ0) is 39.4. The molecular weight excluding hydrogens is 832 g/mol. The Labute approximate surface area is 384 Å². The Morgan fingerprint density at radius 3 is 1.53 bits per heavy atom. The quantitative estimate of drug-likeness (QED) is 0.0564. The van der Waals surface area contributed by atoms with Crippen LogP contribution in [0.5, 0.6) is 23.3 Å². The monoisotopic (exact) mass is 860 g/mol. The number of hydrogen-bond acceptors (Lipinski definition) is 15. The number of para-hydroxylation sites is 2. The number of benzene rings is 5. The summed E-state index contributed by atoms with van der Waals surface area (Å²) >= 11 is 0. The number of nitro benzene ring substituents is 1. The molecule has 0 aliphatic heterocycles. The van der Waals surface area contributed by atoms with Crippen LogP contribution in [0.2, 0.25) is 0 Å². The summed E-state index contributed by atoms with van der Waals surface area (Å²) in [5, 5.41) is 76.3. The molecule has 0 spiro atoms. The van der Waals surface area contributed by atoms with Crippen LogP contribution in [-0.2, 0) is 27.5 Å². The van der Waals surface area contributed by atoms with Crippen molar-refractivity contribution in [2.24, 2.45) is 20.5 Å². The molecule has 0 amide bonds. The van der Waals surface area contributed by atoms with Gasteiger partial charge in [0.05, 0.1) is 38.6 Å². The summed E-state index contributed by atoms with van der Waals surface area (Å²) < 4.78 is 37.3. The van der Waals surface area contributed by atoms with E-state index >= 15 is 0 Å². The SMILES string of the molecule is Cc1nn(-c2ccccc2)c(O)c1N=Nc1c(O)cc(S(=O)(=O)[O-])c2ccccc12.Cc1nn(-c2ccccc2)c(O)c1N=Nc1ccc([N+](=O)[O-])cc1O.[Cr].[Na+].[Na+]. The molecule has 0 radical (unpaired) electrons. The summed E-state index contributed by atoms with van der Waals surface area (Å²) in [5.41, 5.74) is 2.08. The predicted octanol–water partition coefficient (Wildman–Crippen LogP) is 1.99. The Kier molecular flexibility index (Phi) is 16.5. The molecule has 0 bridgehead atoms. The maximum Gasteiger partial charge on any atom is 1.00 e. The van der Waals surface area contributed by atoms with Gasteiger partial charge < -0.3 is 25.0 Å². The van der Waals surface area contributed by atoms with Crippen molar-refractivity contribution in [1.82, 2.24) is 19.6 Å². The topological polar surface area (TPSA) is 266 Å². The van der Waals surface area contributed by atoms with Crippen LogP contribution in [0.3, 0.4) is 0 Å². The predicted molar refractivity (Wildman–Crippen MR) is 197 cm³/mol.